The first kappa shape index (κ1) is 32.4. The van der Waals surface area contributed by atoms with Crippen LogP contribution in [0.25, 0.3) is 0 Å². The highest BCUT2D eigenvalue weighted by molar-refractivity contribution is 5.86. The van der Waals surface area contributed by atoms with E-state index in [-0.39, 0.29) is 37.2 Å². The van der Waals surface area contributed by atoms with Gasteiger partial charge in [-0.15, -0.1) is 37.2 Å². The molecule has 10 heteroatoms. The van der Waals surface area contributed by atoms with Crippen LogP contribution in [0.5, 0.6) is 23.0 Å². The number of benzene rings is 2. The maximum absolute atomic E-state index is 5.42. The van der Waals surface area contributed by atoms with E-state index in [0.29, 0.717) is 0 Å². The molecule has 0 bridgehead atoms. The van der Waals surface area contributed by atoms with Crippen molar-refractivity contribution in [2.75, 3.05) is 67.7 Å². The smallest absolute Gasteiger partial charge is 0.161 e. The van der Waals surface area contributed by atoms with Crippen molar-refractivity contribution in [3.8, 4) is 23.0 Å². The van der Waals surface area contributed by atoms with Crippen LogP contribution in [0.15, 0.2) is 36.4 Å². The van der Waals surface area contributed by atoms with E-state index < -0.39 is 0 Å². The largest absolute Gasteiger partial charge is 0.493 e. The summed E-state index contributed by atoms with van der Waals surface area (Å²) < 4.78 is 21.4. The molecule has 1 N–H and O–H groups in total. The zero-order valence-corrected chi connectivity index (χ0v) is 22.8. The third kappa shape index (κ3) is 9.21. The maximum atomic E-state index is 5.42. The molecule has 0 amide bonds. The van der Waals surface area contributed by atoms with Gasteiger partial charge in [-0.05, 0) is 35.4 Å². The van der Waals surface area contributed by atoms with E-state index in [9.17, 15) is 0 Å². The molecule has 0 aliphatic carbocycles. The second-order valence-electron chi connectivity index (χ2n) is 7.67. The van der Waals surface area contributed by atoms with Crippen molar-refractivity contribution in [1.82, 2.24) is 15.1 Å². The van der Waals surface area contributed by atoms with Gasteiger partial charge in [0.1, 0.15) is 0 Å². The molecule has 7 nitrogen and oxygen atoms in total. The average molecular weight is 539 g/mol. The molecule has 0 radical (unpaired) electrons. The van der Waals surface area contributed by atoms with E-state index >= 15 is 0 Å². The van der Waals surface area contributed by atoms with Crippen molar-refractivity contribution < 1.29 is 18.9 Å². The summed E-state index contributed by atoms with van der Waals surface area (Å²) >= 11 is 0. The third-order valence-corrected chi connectivity index (χ3v) is 5.70. The van der Waals surface area contributed by atoms with Gasteiger partial charge in [0.05, 0.1) is 28.4 Å². The maximum Gasteiger partial charge on any atom is 0.161 e. The predicted octanol–water partition coefficient (Wildman–Crippen LogP) is 3.89. The summed E-state index contributed by atoms with van der Waals surface area (Å²) in [7, 11) is 6.67. The quantitative estimate of drug-likeness (QED) is 0.436. The van der Waals surface area contributed by atoms with Gasteiger partial charge >= 0.3 is 0 Å². The Morgan fingerprint density at radius 1 is 0.647 bits per heavy atom. The van der Waals surface area contributed by atoms with Crippen molar-refractivity contribution in [3.63, 3.8) is 0 Å². The van der Waals surface area contributed by atoms with E-state index in [1.54, 1.807) is 28.4 Å². The number of nitrogens with one attached hydrogen (secondary N) is 1. The SMILES string of the molecule is COc1ccc(CNCCN2CCN(Cc3ccc(OC)c(OC)c3)CC2)cc1OC.Cl.Cl.Cl. The Kier molecular flexibility index (Phi) is 16.1. The Hall–Kier alpha value is -1.61. The minimum atomic E-state index is 0. The Morgan fingerprint density at radius 3 is 1.65 bits per heavy atom. The van der Waals surface area contributed by atoms with E-state index in [1.807, 2.05) is 18.2 Å². The van der Waals surface area contributed by atoms with Gasteiger partial charge in [-0.2, -0.15) is 0 Å². The van der Waals surface area contributed by atoms with E-state index in [0.717, 1.165) is 75.4 Å². The summed E-state index contributed by atoms with van der Waals surface area (Å²) in [6, 6.07) is 12.2. The summed E-state index contributed by atoms with van der Waals surface area (Å²) in [5.74, 6) is 3.10. The number of piperazine rings is 1. The fraction of sp³-hybridized carbons (Fsp3) is 0.500. The fourth-order valence-corrected chi connectivity index (χ4v) is 3.87. The lowest BCUT2D eigenvalue weighted by Gasteiger charge is -2.34. The summed E-state index contributed by atoms with van der Waals surface area (Å²) in [6.45, 7) is 8.09. The minimum Gasteiger partial charge on any atom is -0.493 e. The van der Waals surface area contributed by atoms with Gasteiger partial charge in [-0.1, -0.05) is 12.1 Å². The van der Waals surface area contributed by atoms with Crippen molar-refractivity contribution in [3.05, 3.63) is 47.5 Å². The van der Waals surface area contributed by atoms with Crippen LogP contribution in [-0.4, -0.2) is 77.5 Å². The molecule has 2 aromatic carbocycles. The lowest BCUT2D eigenvalue weighted by molar-refractivity contribution is 0.127. The first-order chi connectivity index (χ1) is 15.2. The number of methoxy groups -OCH3 is 4. The van der Waals surface area contributed by atoms with E-state index in [4.69, 9.17) is 18.9 Å². The van der Waals surface area contributed by atoms with Crippen LogP contribution >= 0.6 is 37.2 Å². The predicted molar refractivity (Wildman–Crippen MR) is 144 cm³/mol. The highest BCUT2D eigenvalue weighted by atomic mass is 35.5. The van der Waals surface area contributed by atoms with Crippen molar-refractivity contribution in [1.29, 1.82) is 0 Å². The monoisotopic (exact) mass is 537 g/mol. The van der Waals surface area contributed by atoms with Crippen molar-refractivity contribution in [2.45, 2.75) is 13.1 Å². The molecule has 0 aromatic heterocycles. The first-order valence-corrected chi connectivity index (χ1v) is 10.7. The third-order valence-electron chi connectivity index (χ3n) is 5.70. The topological polar surface area (TPSA) is 55.4 Å². The van der Waals surface area contributed by atoms with Crippen LogP contribution in [0.4, 0.5) is 0 Å². The van der Waals surface area contributed by atoms with Crippen LogP contribution in [0.3, 0.4) is 0 Å². The van der Waals surface area contributed by atoms with E-state index in [1.165, 1.54) is 11.1 Å². The van der Waals surface area contributed by atoms with Gasteiger partial charge in [-0.3, -0.25) is 9.80 Å². The molecular weight excluding hydrogens is 501 g/mol. The normalized spacial score (nSPS) is 13.6. The van der Waals surface area contributed by atoms with E-state index in [2.05, 4.69) is 33.3 Å². The Bertz CT molecular complexity index is 834. The Morgan fingerprint density at radius 2 is 1.12 bits per heavy atom. The number of hydrogen-bond donors (Lipinski definition) is 1. The highest BCUT2D eigenvalue weighted by Gasteiger charge is 2.17. The minimum absolute atomic E-state index is 0. The van der Waals surface area contributed by atoms with Crippen molar-refractivity contribution >= 4 is 37.2 Å². The van der Waals surface area contributed by atoms with Gasteiger partial charge in [0.15, 0.2) is 23.0 Å². The molecule has 3 rings (SSSR count). The molecule has 1 aliphatic heterocycles. The first-order valence-electron chi connectivity index (χ1n) is 10.7. The molecule has 1 fully saturated rings. The Labute approximate surface area is 222 Å². The lowest BCUT2D eigenvalue weighted by atomic mass is 10.1. The molecule has 2 aromatic rings. The molecule has 1 aliphatic rings. The number of rotatable bonds is 11. The molecule has 0 spiro atoms. The van der Waals surface area contributed by atoms with Gasteiger partial charge in [0.2, 0.25) is 0 Å². The van der Waals surface area contributed by atoms with Gasteiger partial charge in [0.25, 0.3) is 0 Å². The second kappa shape index (κ2) is 16.9. The lowest BCUT2D eigenvalue weighted by Crippen LogP contribution is -2.47. The molecule has 0 unspecified atom stereocenters. The molecule has 0 atom stereocenters. The van der Waals surface area contributed by atoms with Crippen molar-refractivity contribution in [2.24, 2.45) is 0 Å². The average Bonchev–Trinajstić information content (AvgIpc) is 2.82. The molecule has 1 heterocycles. The number of halogens is 3. The molecule has 1 saturated heterocycles. The summed E-state index contributed by atoms with van der Waals surface area (Å²) in [4.78, 5) is 5.02. The molecule has 34 heavy (non-hydrogen) atoms. The molecular formula is C24H38Cl3N3O4. The second-order valence-corrected chi connectivity index (χ2v) is 7.67. The van der Waals surface area contributed by atoms with Crippen LogP contribution in [0.2, 0.25) is 0 Å². The van der Waals surface area contributed by atoms with Gasteiger partial charge in [0, 0.05) is 52.4 Å². The number of nitrogens with zero attached hydrogens (tertiary/aromatic N) is 2. The van der Waals surface area contributed by atoms with Crippen LogP contribution < -0.4 is 24.3 Å². The number of hydrogen-bond acceptors (Lipinski definition) is 7. The summed E-state index contributed by atoms with van der Waals surface area (Å²) in [6.07, 6.45) is 0. The summed E-state index contributed by atoms with van der Waals surface area (Å²) in [5.41, 5.74) is 2.44. The van der Waals surface area contributed by atoms with Crippen LogP contribution in [0, 0.1) is 0 Å². The molecule has 0 saturated carbocycles. The summed E-state index contributed by atoms with van der Waals surface area (Å²) in [5, 5.41) is 3.53. The number of ether oxygens (including phenoxy) is 4. The zero-order valence-electron chi connectivity index (χ0n) is 20.4. The van der Waals surface area contributed by atoms with Gasteiger partial charge in [-0.25, -0.2) is 0 Å². The van der Waals surface area contributed by atoms with Crippen LogP contribution in [-0.2, 0) is 13.1 Å². The van der Waals surface area contributed by atoms with Gasteiger partial charge < -0.3 is 24.3 Å². The zero-order chi connectivity index (χ0) is 22.1. The molecule has 194 valence electrons. The Balaban J connectivity index is 0.00000363. The fourth-order valence-electron chi connectivity index (χ4n) is 3.87. The highest BCUT2D eigenvalue weighted by Crippen LogP contribution is 2.28. The van der Waals surface area contributed by atoms with Crippen LogP contribution in [0.1, 0.15) is 11.1 Å². The standard InChI is InChI=1S/C24H35N3O4.3ClH/c1-28-21-7-5-19(15-23(21)30-3)17-25-9-10-26-11-13-27(14-12-26)18-20-6-8-22(29-2)24(16-20)31-4;;;/h5-8,15-16,25H,9-14,17-18H2,1-4H3;3*1H.